The number of hydrogen-bond acceptors (Lipinski definition) is 4. The Hall–Kier alpha value is -2.69. The van der Waals surface area contributed by atoms with Crippen molar-refractivity contribution < 1.29 is 5.11 Å². The van der Waals surface area contributed by atoms with Crippen LogP contribution in [0.1, 0.15) is 5.69 Å². The van der Waals surface area contributed by atoms with Crippen molar-refractivity contribution >= 4 is 10.9 Å². The van der Waals surface area contributed by atoms with Gasteiger partial charge in [-0.1, -0.05) is 12.1 Å². The topological polar surface area (TPSA) is 68.0 Å². The molecular weight excluding hydrogens is 254 g/mol. The van der Waals surface area contributed by atoms with Gasteiger partial charge < -0.3 is 5.11 Å². The molecular formula is C15H13N3O2. The summed E-state index contributed by atoms with van der Waals surface area (Å²) in [5.41, 5.74) is 1.11. The van der Waals surface area contributed by atoms with Gasteiger partial charge in [0.15, 0.2) is 0 Å². The molecule has 0 radical (unpaired) electrons. The minimum absolute atomic E-state index is 0.0245. The molecule has 0 bridgehead atoms. The summed E-state index contributed by atoms with van der Waals surface area (Å²) >= 11 is 0. The first-order chi connectivity index (χ1) is 9.75. The summed E-state index contributed by atoms with van der Waals surface area (Å²) in [6.45, 7) is 0.508. The van der Waals surface area contributed by atoms with Crippen LogP contribution in [0.2, 0.25) is 0 Å². The second kappa shape index (κ2) is 5.13. The highest BCUT2D eigenvalue weighted by Gasteiger charge is 2.07. The van der Waals surface area contributed by atoms with Crippen LogP contribution in [-0.4, -0.2) is 19.6 Å². The number of pyridine rings is 1. The van der Waals surface area contributed by atoms with Gasteiger partial charge in [0.2, 0.25) is 0 Å². The summed E-state index contributed by atoms with van der Waals surface area (Å²) in [5, 5.41) is 10.1. The summed E-state index contributed by atoms with van der Waals surface area (Å²) in [7, 11) is 0. The molecule has 2 aromatic heterocycles. The Balaban J connectivity index is 1.93. The van der Waals surface area contributed by atoms with Gasteiger partial charge in [-0.3, -0.25) is 14.3 Å². The lowest BCUT2D eigenvalue weighted by Gasteiger charge is -2.06. The first-order valence-electron chi connectivity index (χ1n) is 6.33. The number of para-hydroxylation sites is 1. The fraction of sp³-hybridized carbons (Fsp3) is 0.133. The van der Waals surface area contributed by atoms with Crippen LogP contribution < -0.4 is 5.56 Å². The van der Waals surface area contributed by atoms with Gasteiger partial charge in [-0.25, -0.2) is 4.98 Å². The fourth-order valence-corrected chi connectivity index (χ4v) is 2.11. The molecule has 0 fully saturated rings. The zero-order valence-electron chi connectivity index (χ0n) is 10.7. The van der Waals surface area contributed by atoms with E-state index in [9.17, 15) is 9.90 Å². The summed E-state index contributed by atoms with van der Waals surface area (Å²) in [5.74, 6) is 0.0245. The van der Waals surface area contributed by atoms with Crippen molar-refractivity contribution in [2.45, 2.75) is 13.0 Å². The molecule has 100 valence electrons. The van der Waals surface area contributed by atoms with Gasteiger partial charge in [0.05, 0.1) is 11.7 Å². The van der Waals surface area contributed by atoms with Crippen molar-refractivity contribution in [1.29, 1.82) is 0 Å². The monoisotopic (exact) mass is 267 g/mol. The molecule has 0 aliphatic heterocycles. The van der Waals surface area contributed by atoms with Gasteiger partial charge in [-0.05, 0) is 24.3 Å². The minimum atomic E-state index is -0.151. The quantitative estimate of drug-likeness (QED) is 0.785. The van der Waals surface area contributed by atoms with Crippen LogP contribution in [-0.2, 0) is 13.0 Å². The summed E-state index contributed by atoms with van der Waals surface area (Å²) in [6.07, 6.45) is 3.86. The Labute approximate surface area is 115 Å². The van der Waals surface area contributed by atoms with Gasteiger partial charge >= 0.3 is 0 Å². The standard InChI is InChI=1S/C15H13N3O2/c19-13-6-3-5-12-14(13)17-10-18(15(12)20)9-7-11-4-1-2-8-16-11/h1-6,8,10,19H,7,9H2. The smallest absolute Gasteiger partial charge is 0.261 e. The Morgan fingerprint density at radius 3 is 2.80 bits per heavy atom. The lowest BCUT2D eigenvalue weighted by molar-refractivity contribution is 0.480. The van der Waals surface area contributed by atoms with Gasteiger partial charge in [0.1, 0.15) is 11.3 Å². The maximum atomic E-state index is 12.3. The van der Waals surface area contributed by atoms with Crippen LogP contribution in [0.4, 0.5) is 0 Å². The summed E-state index contributed by atoms with van der Waals surface area (Å²) in [6, 6.07) is 10.5. The van der Waals surface area contributed by atoms with E-state index >= 15 is 0 Å². The van der Waals surface area contributed by atoms with E-state index in [4.69, 9.17) is 0 Å². The Morgan fingerprint density at radius 1 is 1.10 bits per heavy atom. The zero-order valence-corrected chi connectivity index (χ0v) is 10.7. The number of aryl methyl sites for hydroxylation is 2. The molecule has 5 heteroatoms. The average molecular weight is 267 g/mol. The zero-order chi connectivity index (χ0) is 13.9. The number of phenolic OH excluding ortho intramolecular Hbond substituents is 1. The van der Waals surface area contributed by atoms with E-state index in [0.717, 1.165) is 5.69 Å². The van der Waals surface area contributed by atoms with E-state index in [0.29, 0.717) is 23.9 Å². The Kier molecular flexibility index (Phi) is 3.16. The van der Waals surface area contributed by atoms with E-state index in [1.165, 1.54) is 17.0 Å². The number of rotatable bonds is 3. The van der Waals surface area contributed by atoms with Crippen LogP contribution in [0.15, 0.2) is 53.7 Å². The SMILES string of the molecule is O=c1c2cccc(O)c2ncn1CCc1ccccn1. The third-order valence-corrected chi connectivity index (χ3v) is 3.17. The van der Waals surface area contributed by atoms with Crippen LogP contribution in [0.5, 0.6) is 5.75 Å². The first-order valence-corrected chi connectivity index (χ1v) is 6.33. The molecule has 0 amide bonds. The molecule has 5 nitrogen and oxygen atoms in total. The van der Waals surface area contributed by atoms with E-state index < -0.39 is 0 Å². The highest BCUT2D eigenvalue weighted by atomic mass is 16.3. The molecule has 3 rings (SSSR count). The average Bonchev–Trinajstić information content (AvgIpc) is 2.48. The fourth-order valence-electron chi connectivity index (χ4n) is 2.11. The van der Waals surface area contributed by atoms with E-state index in [2.05, 4.69) is 9.97 Å². The van der Waals surface area contributed by atoms with Gasteiger partial charge in [-0.2, -0.15) is 0 Å². The third kappa shape index (κ3) is 2.25. The number of benzene rings is 1. The van der Waals surface area contributed by atoms with E-state index in [1.807, 2.05) is 18.2 Å². The first kappa shape index (κ1) is 12.3. The molecule has 3 aromatic rings. The predicted octanol–water partition coefficient (Wildman–Crippen LogP) is 1.74. The number of nitrogens with zero attached hydrogens (tertiary/aromatic N) is 3. The highest BCUT2D eigenvalue weighted by Crippen LogP contribution is 2.18. The molecule has 0 saturated carbocycles. The minimum Gasteiger partial charge on any atom is -0.506 e. The van der Waals surface area contributed by atoms with Crippen LogP contribution >= 0.6 is 0 Å². The second-order valence-electron chi connectivity index (χ2n) is 4.49. The van der Waals surface area contributed by atoms with Crippen molar-refractivity contribution in [3.63, 3.8) is 0 Å². The summed E-state index contributed by atoms with van der Waals surface area (Å²) in [4.78, 5) is 20.7. The molecule has 0 saturated heterocycles. The van der Waals surface area contributed by atoms with Crippen LogP contribution in [0.25, 0.3) is 10.9 Å². The van der Waals surface area contributed by atoms with E-state index in [-0.39, 0.29) is 11.3 Å². The molecule has 0 aliphatic carbocycles. The van der Waals surface area contributed by atoms with Crippen molar-refractivity contribution in [2.24, 2.45) is 0 Å². The molecule has 20 heavy (non-hydrogen) atoms. The van der Waals surface area contributed by atoms with Gasteiger partial charge in [0, 0.05) is 24.9 Å². The van der Waals surface area contributed by atoms with Gasteiger partial charge in [0.25, 0.3) is 5.56 Å². The van der Waals surface area contributed by atoms with Gasteiger partial charge in [-0.15, -0.1) is 0 Å². The number of aromatic nitrogens is 3. The molecule has 2 heterocycles. The lowest BCUT2D eigenvalue weighted by Crippen LogP contribution is -2.21. The molecule has 0 atom stereocenters. The van der Waals surface area contributed by atoms with Crippen molar-refractivity contribution in [3.05, 3.63) is 65.0 Å². The highest BCUT2D eigenvalue weighted by molar-refractivity contribution is 5.82. The van der Waals surface area contributed by atoms with Crippen LogP contribution in [0, 0.1) is 0 Å². The number of fused-ring (bicyclic) bond motifs is 1. The molecule has 0 unspecified atom stereocenters. The third-order valence-electron chi connectivity index (χ3n) is 3.17. The van der Waals surface area contributed by atoms with Crippen molar-refractivity contribution in [3.8, 4) is 5.75 Å². The Bertz CT molecular complexity index is 797. The molecule has 0 spiro atoms. The lowest BCUT2D eigenvalue weighted by atomic mass is 10.2. The number of hydrogen-bond donors (Lipinski definition) is 1. The summed E-state index contributed by atoms with van der Waals surface area (Å²) < 4.78 is 1.54. The Morgan fingerprint density at radius 2 is 2.00 bits per heavy atom. The number of phenols is 1. The maximum Gasteiger partial charge on any atom is 0.261 e. The molecule has 1 N–H and O–H groups in total. The van der Waals surface area contributed by atoms with Crippen LogP contribution in [0.3, 0.4) is 0 Å². The predicted molar refractivity (Wildman–Crippen MR) is 75.6 cm³/mol. The number of aromatic hydroxyl groups is 1. The largest absolute Gasteiger partial charge is 0.506 e. The molecule has 1 aromatic carbocycles. The van der Waals surface area contributed by atoms with Crippen molar-refractivity contribution in [1.82, 2.24) is 14.5 Å². The maximum absolute atomic E-state index is 12.3. The molecule has 0 aliphatic rings. The van der Waals surface area contributed by atoms with E-state index in [1.54, 1.807) is 18.3 Å². The van der Waals surface area contributed by atoms with Crippen molar-refractivity contribution in [2.75, 3.05) is 0 Å². The normalized spacial score (nSPS) is 10.8. The second-order valence-corrected chi connectivity index (χ2v) is 4.49.